The van der Waals surface area contributed by atoms with Gasteiger partial charge in [0.2, 0.25) is 0 Å². The number of carbonyl (C=O) groups is 1. The Balaban J connectivity index is 4.23. The van der Waals surface area contributed by atoms with Crippen molar-refractivity contribution in [2.75, 3.05) is 33.0 Å². The average molecular weight is 679 g/mol. The zero-order chi connectivity index (χ0) is 34.0. The van der Waals surface area contributed by atoms with Crippen LogP contribution in [0.15, 0.2) is 12.2 Å². The fraction of sp³-hybridized carbons (Fsp3) is 0.917. The Labute approximate surface area is 281 Å². The number of hydrogen-bond acceptors (Lipinski definition) is 8. The molecule has 0 radical (unpaired) electrons. The second kappa shape index (κ2) is 34.1. The Hall–Kier alpha value is -0.800. The molecule has 3 N–H and O–H groups in total. The number of unbranched alkanes of at least 4 members (excludes halogenated alkanes) is 20. The van der Waals surface area contributed by atoms with Crippen molar-refractivity contribution >= 4 is 13.8 Å². The molecule has 0 bridgehead atoms. The lowest BCUT2D eigenvalue weighted by atomic mass is 10.1. The maximum absolute atomic E-state index is 12.5. The van der Waals surface area contributed by atoms with Crippen molar-refractivity contribution in [3.8, 4) is 0 Å². The molecule has 3 unspecified atom stereocenters. The Kier molecular flexibility index (Phi) is 33.5. The van der Waals surface area contributed by atoms with Crippen LogP contribution in [0.2, 0.25) is 0 Å². The molecule has 46 heavy (non-hydrogen) atoms. The summed E-state index contributed by atoms with van der Waals surface area (Å²) in [6.45, 7) is 3.49. The molecule has 0 aromatic heterocycles. The zero-order valence-electron chi connectivity index (χ0n) is 29.6. The fourth-order valence-corrected chi connectivity index (χ4v) is 5.84. The molecule has 0 fully saturated rings. The molecule has 9 nitrogen and oxygen atoms in total. The Morgan fingerprint density at radius 1 is 0.652 bits per heavy atom. The lowest BCUT2D eigenvalue weighted by Gasteiger charge is -2.20. The van der Waals surface area contributed by atoms with Gasteiger partial charge in [0.05, 0.1) is 26.4 Å². The number of allylic oxidation sites excluding steroid dienone is 2. The standard InChI is InChI=1S/C36H71O9P/c1-3-5-7-9-11-13-15-16-17-19-21-23-25-27-29-42-32-35(33-44-46(40,41)43-31-34(38)30-37)45-36(39)28-26-24-22-20-18-14-12-10-8-6-4-2/h13,15,34-35,37-38H,3-12,14,16-33H2,1-2H3,(H,40,41)/b15-13-. The predicted molar refractivity (Wildman–Crippen MR) is 187 cm³/mol. The lowest BCUT2D eigenvalue weighted by Crippen LogP contribution is -2.29. The number of phosphoric acid groups is 1. The summed E-state index contributed by atoms with van der Waals surface area (Å²) >= 11 is 0. The van der Waals surface area contributed by atoms with Crippen LogP contribution < -0.4 is 0 Å². The normalized spacial score (nSPS) is 14.5. The molecule has 274 valence electrons. The van der Waals surface area contributed by atoms with E-state index >= 15 is 0 Å². The molecule has 0 aliphatic carbocycles. The number of carbonyl (C=O) groups excluding carboxylic acids is 1. The van der Waals surface area contributed by atoms with E-state index in [2.05, 4.69) is 26.0 Å². The number of aliphatic hydroxyl groups is 2. The first-order chi connectivity index (χ1) is 22.3. The molecule has 0 aromatic rings. The molecule has 0 saturated carbocycles. The summed E-state index contributed by atoms with van der Waals surface area (Å²) < 4.78 is 33.2. The van der Waals surface area contributed by atoms with Crippen LogP contribution >= 0.6 is 7.82 Å². The van der Waals surface area contributed by atoms with Gasteiger partial charge in [0.15, 0.2) is 0 Å². The van der Waals surface area contributed by atoms with E-state index in [1.807, 2.05) is 0 Å². The predicted octanol–water partition coefficient (Wildman–Crippen LogP) is 9.36. The van der Waals surface area contributed by atoms with Crippen LogP contribution in [0.1, 0.15) is 168 Å². The van der Waals surface area contributed by atoms with E-state index in [0.29, 0.717) is 6.61 Å². The Bertz CT molecular complexity index is 734. The van der Waals surface area contributed by atoms with Crippen LogP contribution in [0.25, 0.3) is 0 Å². The van der Waals surface area contributed by atoms with Crippen LogP contribution in [0.5, 0.6) is 0 Å². The molecule has 0 heterocycles. The molecule has 0 saturated heterocycles. The van der Waals surface area contributed by atoms with Crippen molar-refractivity contribution in [2.45, 2.75) is 180 Å². The van der Waals surface area contributed by atoms with Gasteiger partial charge < -0.3 is 24.6 Å². The highest BCUT2D eigenvalue weighted by atomic mass is 31.2. The number of esters is 1. The van der Waals surface area contributed by atoms with E-state index in [1.54, 1.807) is 0 Å². The third kappa shape index (κ3) is 33.1. The van der Waals surface area contributed by atoms with Crippen molar-refractivity contribution in [2.24, 2.45) is 0 Å². The highest BCUT2D eigenvalue weighted by molar-refractivity contribution is 7.47. The van der Waals surface area contributed by atoms with Gasteiger partial charge in [-0.15, -0.1) is 0 Å². The number of rotatable bonds is 36. The third-order valence-electron chi connectivity index (χ3n) is 7.95. The van der Waals surface area contributed by atoms with Crippen molar-refractivity contribution in [1.29, 1.82) is 0 Å². The van der Waals surface area contributed by atoms with Crippen molar-refractivity contribution in [3.05, 3.63) is 12.2 Å². The van der Waals surface area contributed by atoms with E-state index < -0.39 is 33.2 Å². The van der Waals surface area contributed by atoms with Crippen LogP contribution in [0.4, 0.5) is 0 Å². The summed E-state index contributed by atoms with van der Waals surface area (Å²) in [5.41, 5.74) is 0. The Morgan fingerprint density at radius 2 is 1.11 bits per heavy atom. The van der Waals surface area contributed by atoms with Crippen LogP contribution in [-0.4, -0.2) is 66.3 Å². The summed E-state index contributed by atoms with van der Waals surface area (Å²) in [6, 6.07) is 0. The third-order valence-corrected chi connectivity index (χ3v) is 8.90. The second-order valence-corrected chi connectivity index (χ2v) is 14.1. The van der Waals surface area contributed by atoms with Crippen LogP contribution in [0, 0.1) is 0 Å². The minimum atomic E-state index is -4.50. The summed E-state index contributed by atoms with van der Waals surface area (Å²) in [5.74, 6) is -0.385. The average Bonchev–Trinajstić information content (AvgIpc) is 3.04. The first kappa shape index (κ1) is 45.2. The topological polar surface area (TPSA) is 132 Å². The molecule has 0 aromatic carbocycles. The smallest absolute Gasteiger partial charge is 0.457 e. The van der Waals surface area contributed by atoms with Crippen molar-refractivity contribution in [3.63, 3.8) is 0 Å². The van der Waals surface area contributed by atoms with Gasteiger partial charge in [-0.2, -0.15) is 0 Å². The van der Waals surface area contributed by atoms with Gasteiger partial charge in [-0.3, -0.25) is 13.8 Å². The highest BCUT2D eigenvalue weighted by Gasteiger charge is 2.26. The summed E-state index contributed by atoms with van der Waals surface area (Å²) in [4.78, 5) is 22.4. The first-order valence-corrected chi connectivity index (χ1v) is 20.2. The van der Waals surface area contributed by atoms with Gasteiger partial charge in [0, 0.05) is 13.0 Å². The van der Waals surface area contributed by atoms with Crippen molar-refractivity contribution in [1.82, 2.24) is 0 Å². The highest BCUT2D eigenvalue weighted by Crippen LogP contribution is 2.43. The number of aliphatic hydroxyl groups excluding tert-OH is 2. The molecule has 0 aliphatic heterocycles. The second-order valence-electron chi connectivity index (χ2n) is 12.6. The maximum Gasteiger partial charge on any atom is 0.472 e. The molecule has 3 atom stereocenters. The van der Waals surface area contributed by atoms with E-state index in [-0.39, 0.29) is 25.6 Å². The van der Waals surface area contributed by atoms with E-state index in [4.69, 9.17) is 23.6 Å². The lowest BCUT2D eigenvalue weighted by molar-refractivity contribution is -0.154. The van der Waals surface area contributed by atoms with Crippen LogP contribution in [-0.2, 0) is 27.9 Å². The monoisotopic (exact) mass is 678 g/mol. The largest absolute Gasteiger partial charge is 0.472 e. The van der Waals surface area contributed by atoms with Gasteiger partial charge in [0.25, 0.3) is 0 Å². The quantitative estimate of drug-likeness (QED) is 0.0257. The molecule has 0 rings (SSSR count). The Morgan fingerprint density at radius 3 is 1.65 bits per heavy atom. The molecular formula is C36H71O9P. The van der Waals surface area contributed by atoms with Gasteiger partial charge in [-0.1, -0.05) is 135 Å². The van der Waals surface area contributed by atoms with Crippen LogP contribution in [0.3, 0.4) is 0 Å². The minimum Gasteiger partial charge on any atom is -0.457 e. The molecule has 10 heteroatoms. The summed E-state index contributed by atoms with van der Waals surface area (Å²) in [5, 5.41) is 18.3. The summed E-state index contributed by atoms with van der Waals surface area (Å²) in [6.07, 6.45) is 30.2. The zero-order valence-corrected chi connectivity index (χ0v) is 30.4. The van der Waals surface area contributed by atoms with E-state index in [1.165, 1.54) is 103 Å². The van der Waals surface area contributed by atoms with E-state index in [9.17, 15) is 19.4 Å². The number of phosphoric ester groups is 1. The minimum absolute atomic E-state index is 0.0496. The molecular weight excluding hydrogens is 607 g/mol. The maximum atomic E-state index is 12.5. The van der Waals surface area contributed by atoms with Gasteiger partial charge in [0.1, 0.15) is 12.2 Å². The van der Waals surface area contributed by atoms with Gasteiger partial charge >= 0.3 is 13.8 Å². The first-order valence-electron chi connectivity index (χ1n) is 18.7. The molecule has 0 spiro atoms. The van der Waals surface area contributed by atoms with Crippen molar-refractivity contribution < 1.29 is 43.0 Å². The number of ether oxygens (including phenoxy) is 2. The molecule has 0 amide bonds. The number of hydrogen-bond donors (Lipinski definition) is 3. The SMILES string of the molecule is CCCCCC/C=C\CCCCCCCCOCC(COP(=O)(O)OCC(O)CO)OC(=O)CCCCCCCCCCCCC. The fourth-order valence-electron chi connectivity index (χ4n) is 5.05. The van der Waals surface area contributed by atoms with E-state index in [0.717, 1.165) is 44.9 Å². The van der Waals surface area contributed by atoms with Gasteiger partial charge in [-0.25, -0.2) is 4.57 Å². The molecule has 0 aliphatic rings. The van der Waals surface area contributed by atoms with Gasteiger partial charge in [-0.05, 0) is 38.5 Å². The summed E-state index contributed by atoms with van der Waals surface area (Å²) in [7, 11) is -4.50.